The Balaban J connectivity index is 2.17. The molecule has 0 aliphatic rings. The molecular weight excluding hydrogens is 324 g/mol. The van der Waals surface area contributed by atoms with Gasteiger partial charge in [-0.25, -0.2) is 9.98 Å². The summed E-state index contributed by atoms with van der Waals surface area (Å²) in [6.45, 7) is 1.66. The fourth-order valence-corrected chi connectivity index (χ4v) is 2.95. The second-order valence-electron chi connectivity index (χ2n) is 4.11. The summed E-state index contributed by atoms with van der Waals surface area (Å²) >= 11 is 12.7. The number of hydrogen-bond donors (Lipinski definition) is 2. The summed E-state index contributed by atoms with van der Waals surface area (Å²) in [6, 6.07) is 13.7. The van der Waals surface area contributed by atoms with Gasteiger partial charge in [0.25, 0.3) is 0 Å². The van der Waals surface area contributed by atoms with Gasteiger partial charge in [-0.1, -0.05) is 41.6 Å². The van der Waals surface area contributed by atoms with Gasteiger partial charge in [-0.05, 0) is 43.4 Å². The zero-order chi connectivity index (χ0) is 15.2. The standard InChI is InChI=1S/C14H13ClN4S2/c1-9(16)17-14(20)19-13-8-11(7-12(15)18-13)21-10-5-3-2-4-6-10/h2-8H,1H3,(H3,16,17,18,19,20). The number of amidine groups is 1. The smallest absolute Gasteiger partial charge is 0.200 e. The third-order valence-corrected chi connectivity index (χ3v) is 3.63. The molecule has 4 nitrogen and oxygen atoms in total. The lowest BCUT2D eigenvalue weighted by molar-refractivity contribution is 1.26. The quantitative estimate of drug-likeness (QED) is 0.384. The minimum absolute atomic E-state index is 0.250. The molecule has 0 atom stereocenters. The molecule has 0 aliphatic carbocycles. The van der Waals surface area contributed by atoms with Crippen LogP contribution in [0.3, 0.4) is 0 Å². The first kappa shape index (κ1) is 15.8. The van der Waals surface area contributed by atoms with Crippen molar-refractivity contribution in [3.05, 3.63) is 47.6 Å². The van der Waals surface area contributed by atoms with Gasteiger partial charge in [-0.15, -0.1) is 0 Å². The molecule has 0 fully saturated rings. The summed E-state index contributed by atoms with van der Waals surface area (Å²) in [7, 11) is 0. The van der Waals surface area contributed by atoms with Crippen LogP contribution in [0.25, 0.3) is 0 Å². The van der Waals surface area contributed by atoms with Gasteiger partial charge < -0.3 is 11.1 Å². The van der Waals surface area contributed by atoms with Gasteiger partial charge in [0, 0.05) is 9.79 Å². The van der Waals surface area contributed by atoms with Crippen LogP contribution in [-0.2, 0) is 0 Å². The molecule has 0 spiro atoms. The number of thiocarbonyl (C=S) groups is 1. The summed E-state index contributed by atoms with van der Waals surface area (Å²) in [5.74, 6) is 0.921. The normalized spacial score (nSPS) is 11.2. The van der Waals surface area contributed by atoms with Crippen molar-refractivity contribution in [2.75, 3.05) is 5.32 Å². The molecule has 1 aromatic carbocycles. The Morgan fingerprint density at radius 3 is 2.67 bits per heavy atom. The minimum Gasteiger partial charge on any atom is -0.387 e. The Labute approximate surface area is 137 Å². The van der Waals surface area contributed by atoms with Crippen LogP contribution < -0.4 is 11.1 Å². The SMILES string of the molecule is C/C(N)=N/C(=S)Nc1cc(Sc2ccccc2)cc(Cl)n1. The Hall–Kier alpha value is -1.63. The van der Waals surface area contributed by atoms with Crippen LogP contribution in [0, 0.1) is 0 Å². The van der Waals surface area contributed by atoms with E-state index in [2.05, 4.69) is 15.3 Å². The van der Waals surface area contributed by atoms with E-state index >= 15 is 0 Å². The van der Waals surface area contributed by atoms with Gasteiger partial charge in [0.1, 0.15) is 11.0 Å². The topological polar surface area (TPSA) is 63.3 Å². The first-order chi connectivity index (χ1) is 10.0. The van der Waals surface area contributed by atoms with Crippen LogP contribution in [0.4, 0.5) is 5.82 Å². The van der Waals surface area contributed by atoms with Gasteiger partial charge in [0.05, 0.1) is 5.84 Å². The Kier molecular flexibility index (Phi) is 5.55. The molecule has 1 heterocycles. The van der Waals surface area contributed by atoms with Crippen LogP contribution in [0.5, 0.6) is 0 Å². The highest BCUT2D eigenvalue weighted by Crippen LogP contribution is 2.30. The van der Waals surface area contributed by atoms with Crippen molar-refractivity contribution >= 4 is 52.3 Å². The fraction of sp³-hybridized carbons (Fsp3) is 0.0714. The molecule has 0 saturated heterocycles. The molecule has 0 saturated carbocycles. The van der Waals surface area contributed by atoms with E-state index < -0.39 is 0 Å². The van der Waals surface area contributed by atoms with E-state index in [1.165, 1.54) is 0 Å². The minimum atomic E-state index is 0.250. The van der Waals surface area contributed by atoms with E-state index in [1.807, 2.05) is 36.4 Å². The highest BCUT2D eigenvalue weighted by atomic mass is 35.5. The maximum atomic E-state index is 6.04. The average molecular weight is 337 g/mol. The lowest BCUT2D eigenvalue weighted by Crippen LogP contribution is -2.14. The zero-order valence-corrected chi connectivity index (χ0v) is 13.6. The molecule has 0 radical (unpaired) electrons. The van der Waals surface area contributed by atoms with Gasteiger partial charge in [0.15, 0.2) is 5.11 Å². The van der Waals surface area contributed by atoms with Crippen LogP contribution >= 0.6 is 35.6 Å². The van der Waals surface area contributed by atoms with Crippen molar-refractivity contribution in [1.29, 1.82) is 0 Å². The van der Waals surface area contributed by atoms with Crippen molar-refractivity contribution in [2.45, 2.75) is 16.7 Å². The molecule has 0 amide bonds. The van der Waals surface area contributed by atoms with Crippen LogP contribution in [-0.4, -0.2) is 15.9 Å². The number of nitrogens with two attached hydrogens (primary N) is 1. The molecule has 0 aliphatic heterocycles. The van der Waals surface area contributed by atoms with Crippen LogP contribution in [0.15, 0.2) is 57.2 Å². The van der Waals surface area contributed by atoms with Crippen molar-refractivity contribution in [3.63, 3.8) is 0 Å². The van der Waals surface area contributed by atoms with E-state index in [0.717, 1.165) is 9.79 Å². The second kappa shape index (κ2) is 7.40. The molecule has 108 valence electrons. The summed E-state index contributed by atoms with van der Waals surface area (Å²) in [4.78, 5) is 10.2. The predicted octanol–water partition coefficient (Wildman–Crippen LogP) is 3.96. The number of pyridine rings is 1. The zero-order valence-electron chi connectivity index (χ0n) is 11.2. The Morgan fingerprint density at radius 2 is 2.00 bits per heavy atom. The molecule has 0 unspecified atom stereocenters. The highest BCUT2D eigenvalue weighted by Gasteiger charge is 2.05. The highest BCUT2D eigenvalue weighted by molar-refractivity contribution is 7.99. The monoisotopic (exact) mass is 336 g/mol. The number of nitrogens with one attached hydrogen (secondary N) is 1. The number of nitrogens with zero attached hydrogens (tertiary/aromatic N) is 2. The van der Waals surface area contributed by atoms with Gasteiger partial charge in [0.2, 0.25) is 0 Å². The lowest BCUT2D eigenvalue weighted by atomic mass is 10.4. The number of hydrogen-bond acceptors (Lipinski definition) is 3. The molecular formula is C14H13ClN4S2. The van der Waals surface area contributed by atoms with E-state index in [9.17, 15) is 0 Å². The largest absolute Gasteiger partial charge is 0.387 e. The fourth-order valence-electron chi connectivity index (χ4n) is 1.52. The van der Waals surface area contributed by atoms with E-state index in [1.54, 1.807) is 24.8 Å². The van der Waals surface area contributed by atoms with Crippen LogP contribution in [0.2, 0.25) is 5.15 Å². The van der Waals surface area contributed by atoms with Crippen molar-refractivity contribution < 1.29 is 0 Å². The van der Waals surface area contributed by atoms with Gasteiger partial charge in [-0.2, -0.15) is 0 Å². The van der Waals surface area contributed by atoms with Gasteiger partial charge in [-0.3, -0.25) is 0 Å². The van der Waals surface area contributed by atoms with Gasteiger partial charge >= 0.3 is 0 Å². The second-order valence-corrected chi connectivity index (χ2v) is 6.03. The van der Waals surface area contributed by atoms with Crippen molar-refractivity contribution in [1.82, 2.24) is 4.98 Å². The number of aliphatic imine (C=N–C) groups is 1. The maximum Gasteiger partial charge on any atom is 0.200 e. The molecule has 3 N–H and O–H groups in total. The third kappa shape index (κ3) is 5.34. The summed E-state index contributed by atoms with van der Waals surface area (Å²) in [5.41, 5.74) is 5.48. The summed E-state index contributed by atoms with van der Waals surface area (Å²) in [5, 5.41) is 3.53. The van der Waals surface area contributed by atoms with E-state index in [0.29, 0.717) is 16.8 Å². The number of halogens is 1. The predicted molar refractivity (Wildman–Crippen MR) is 93.3 cm³/mol. The molecule has 2 rings (SSSR count). The summed E-state index contributed by atoms with van der Waals surface area (Å²) < 4.78 is 0. The first-order valence-electron chi connectivity index (χ1n) is 6.05. The molecule has 21 heavy (non-hydrogen) atoms. The molecule has 2 aromatic rings. The Bertz CT molecular complexity index is 670. The summed E-state index contributed by atoms with van der Waals surface area (Å²) in [6.07, 6.45) is 0. The number of anilines is 1. The Morgan fingerprint density at radius 1 is 1.29 bits per heavy atom. The van der Waals surface area contributed by atoms with Crippen molar-refractivity contribution in [2.24, 2.45) is 10.7 Å². The molecule has 7 heteroatoms. The number of benzene rings is 1. The number of rotatable bonds is 3. The van der Waals surface area contributed by atoms with Crippen LogP contribution in [0.1, 0.15) is 6.92 Å². The maximum absolute atomic E-state index is 6.04. The van der Waals surface area contributed by atoms with E-state index in [4.69, 9.17) is 29.6 Å². The van der Waals surface area contributed by atoms with Crippen molar-refractivity contribution in [3.8, 4) is 0 Å². The van der Waals surface area contributed by atoms with E-state index in [-0.39, 0.29) is 5.11 Å². The molecule has 0 bridgehead atoms. The number of aromatic nitrogens is 1. The lowest BCUT2D eigenvalue weighted by Gasteiger charge is -2.07. The molecule has 1 aromatic heterocycles. The third-order valence-electron chi connectivity index (χ3n) is 2.26. The average Bonchev–Trinajstić information content (AvgIpc) is 2.37. The first-order valence-corrected chi connectivity index (χ1v) is 7.65.